The molecule has 7 aromatic rings. The zero-order valence-electron chi connectivity index (χ0n) is 25.8. The van der Waals surface area contributed by atoms with Crippen molar-refractivity contribution >= 4 is 10.8 Å². The number of hydrogen-bond donors (Lipinski definition) is 0. The molecule has 1 heterocycles. The topological polar surface area (TPSA) is 25.8 Å². The summed E-state index contributed by atoms with van der Waals surface area (Å²) in [6.45, 7) is 0. The molecule has 2 nitrogen and oxygen atoms in total. The van der Waals surface area contributed by atoms with Crippen molar-refractivity contribution < 1.29 is 0 Å². The van der Waals surface area contributed by atoms with E-state index in [9.17, 15) is 0 Å². The summed E-state index contributed by atoms with van der Waals surface area (Å²) in [5.74, 6) is 0.750. The highest BCUT2D eigenvalue weighted by molar-refractivity contribution is 5.98. The fourth-order valence-electron chi connectivity index (χ4n) is 8.07. The Kier molecular flexibility index (Phi) is 6.41. The van der Waals surface area contributed by atoms with Crippen LogP contribution in [0.15, 0.2) is 146 Å². The maximum Gasteiger partial charge on any atom is 0.160 e. The molecule has 1 saturated carbocycles. The number of rotatable bonds is 4. The molecule has 46 heavy (non-hydrogen) atoms. The van der Waals surface area contributed by atoms with Gasteiger partial charge in [0.25, 0.3) is 0 Å². The Hall–Kier alpha value is -5.34. The molecule has 6 aromatic carbocycles. The van der Waals surface area contributed by atoms with Gasteiger partial charge in [0.15, 0.2) is 5.82 Å². The van der Waals surface area contributed by atoms with Crippen molar-refractivity contribution in [3.05, 3.63) is 157 Å². The van der Waals surface area contributed by atoms with Gasteiger partial charge in [0.05, 0.1) is 11.4 Å². The Labute approximate surface area is 270 Å². The lowest BCUT2D eigenvalue weighted by molar-refractivity contribution is 0.353. The summed E-state index contributed by atoms with van der Waals surface area (Å²) in [5, 5.41) is 2.62. The predicted molar refractivity (Wildman–Crippen MR) is 191 cm³/mol. The van der Waals surface area contributed by atoms with Crippen LogP contribution in [0, 0.1) is 0 Å². The van der Waals surface area contributed by atoms with Crippen molar-refractivity contribution in [2.45, 2.75) is 37.5 Å². The summed E-state index contributed by atoms with van der Waals surface area (Å²) < 4.78 is 0. The van der Waals surface area contributed by atoms with Gasteiger partial charge in [0, 0.05) is 22.1 Å². The van der Waals surface area contributed by atoms with Gasteiger partial charge in [-0.2, -0.15) is 0 Å². The molecule has 0 aliphatic heterocycles. The third kappa shape index (κ3) is 4.40. The predicted octanol–water partition coefficient (Wildman–Crippen LogP) is 11.5. The van der Waals surface area contributed by atoms with Gasteiger partial charge in [0.2, 0.25) is 0 Å². The van der Waals surface area contributed by atoms with Crippen LogP contribution in [0.4, 0.5) is 0 Å². The minimum Gasteiger partial charge on any atom is -0.228 e. The smallest absolute Gasteiger partial charge is 0.160 e. The van der Waals surface area contributed by atoms with Crippen molar-refractivity contribution in [3.63, 3.8) is 0 Å². The molecule has 0 unspecified atom stereocenters. The molecule has 2 aliphatic carbocycles. The molecule has 1 fully saturated rings. The average Bonchev–Trinajstić information content (AvgIpc) is 3.39. The maximum absolute atomic E-state index is 5.32. The highest BCUT2D eigenvalue weighted by Crippen LogP contribution is 2.58. The molecule has 220 valence electrons. The normalized spacial score (nSPS) is 14.7. The Morgan fingerprint density at radius 2 is 1.04 bits per heavy atom. The number of hydrogen-bond acceptors (Lipinski definition) is 2. The van der Waals surface area contributed by atoms with Crippen LogP contribution in [0.3, 0.4) is 0 Å². The molecule has 0 N–H and O–H groups in total. The summed E-state index contributed by atoms with van der Waals surface area (Å²) in [6, 6.07) is 52.6. The summed E-state index contributed by atoms with van der Waals surface area (Å²) in [5.41, 5.74) is 13.3. The lowest BCUT2D eigenvalue weighted by Crippen LogP contribution is -2.28. The summed E-state index contributed by atoms with van der Waals surface area (Å²) in [4.78, 5) is 10.5. The molecule has 2 aliphatic rings. The lowest BCUT2D eigenvalue weighted by atomic mass is 9.67. The van der Waals surface area contributed by atoms with E-state index in [1.807, 2.05) is 6.07 Å². The Morgan fingerprint density at radius 1 is 0.413 bits per heavy atom. The molecule has 9 rings (SSSR count). The molecule has 0 amide bonds. The molecule has 0 radical (unpaired) electrons. The Bertz CT molecular complexity index is 2230. The fourth-order valence-corrected chi connectivity index (χ4v) is 8.07. The zero-order valence-corrected chi connectivity index (χ0v) is 25.8. The summed E-state index contributed by atoms with van der Waals surface area (Å²) in [6.07, 6.45) is 6.25. The van der Waals surface area contributed by atoms with Gasteiger partial charge in [0.1, 0.15) is 0 Å². The molecule has 0 bridgehead atoms. The van der Waals surface area contributed by atoms with Crippen LogP contribution in [-0.4, -0.2) is 9.97 Å². The van der Waals surface area contributed by atoms with E-state index < -0.39 is 0 Å². The van der Waals surface area contributed by atoms with Gasteiger partial charge < -0.3 is 0 Å². The van der Waals surface area contributed by atoms with Crippen LogP contribution in [0.5, 0.6) is 0 Å². The molecule has 1 spiro atoms. The third-order valence-electron chi connectivity index (χ3n) is 10.3. The fraction of sp³-hybridized carbons (Fsp3) is 0.136. The van der Waals surface area contributed by atoms with Crippen molar-refractivity contribution in [2.24, 2.45) is 0 Å². The second-order valence-electron chi connectivity index (χ2n) is 12.9. The van der Waals surface area contributed by atoms with Crippen molar-refractivity contribution in [2.75, 3.05) is 0 Å². The van der Waals surface area contributed by atoms with Crippen molar-refractivity contribution in [1.29, 1.82) is 0 Å². The first-order valence-corrected chi connectivity index (χ1v) is 16.5. The standard InChI is InChI=1S/C44H34N2/c1-4-14-30(15-5-1)32-20-12-21-35(26-32)40-29-41(46-43(45-40)31-16-6-2-7-17-31)36-22-13-23-38-42(36)37-27-33-18-8-9-19-34(33)28-39(37)44(38)24-10-3-11-25-44/h1-2,4-9,12-23,26-29H,3,10-11,24-25H2. The van der Waals surface area contributed by atoms with Crippen molar-refractivity contribution in [1.82, 2.24) is 9.97 Å². The second kappa shape index (κ2) is 10.9. The summed E-state index contributed by atoms with van der Waals surface area (Å²) in [7, 11) is 0. The Balaban J connectivity index is 1.29. The van der Waals surface area contributed by atoms with E-state index >= 15 is 0 Å². The molecular formula is C44H34N2. The zero-order chi connectivity index (χ0) is 30.5. The van der Waals surface area contributed by atoms with Crippen LogP contribution < -0.4 is 0 Å². The number of benzene rings is 6. The second-order valence-corrected chi connectivity index (χ2v) is 12.9. The van der Waals surface area contributed by atoms with Crippen molar-refractivity contribution in [3.8, 4) is 56.2 Å². The molecule has 2 heteroatoms. The van der Waals surface area contributed by atoms with Crippen LogP contribution in [0.25, 0.3) is 66.9 Å². The quantitative estimate of drug-likeness (QED) is 0.204. The Morgan fingerprint density at radius 3 is 1.83 bits per heavy atom. The number of fused-ring (bicyclic) bond motifs is 6. The molecule has 0 saturated heterocycles. The molecule has 0 atom stereocenters. The maximum atomic E-state index is 5.32. The third-order valence-corrected chi connectivity index (χ3v) is 10.3. The molecule has 1 aromatic heterocycles. The van der Waals surface area contributed by atoms with Gasteiger partial charge in [-0.15, -0.1) is 0 Å². The monoisotopic (exact) mass is 590 g/mol. The van der Waals surface area contributed by atoms with Crippen LogP contribution in [-0.2, 0) is 5.41 Å². The largest absolute Gasteiger partial charge is 0.228 e. The first kappa shape index (κ1) is 27.0. The van der Waals surface area contributed by atoms with E-state index in [4.69, 9.17) is 9.97 Å². The van der Waals surface area contributed by atoms with E-state index in [2.05, 4.69) is 140 Å². The minimum atomic E-state index is 0.0606. The minimum absolute atomic E-state index is 0.0606. The van der Waals surface area contributed by atoms with E-state index in [1.54, 1.807) is 0 Å². The van der Waals surface area contributed by atoms with Gasteiger partial charge in [-0.05, 0) is 81.3 Å². The highest BCUT2D eigenvalue weighted by atomic mass is 14.9. The van der Waals surface area contributed by atoms with Crippen LogP contribution in [0.1, 0.15) is 43.2 Å². The average molecular weight is 591 g/mol. The van der Waals surface area contributed by atoms with Crippen LogP contribution in [0.2, 0.25) is 0 Å². The summed E-state index contributed by atoms with van der Waals surface area (Å²) >= 11 is 0. The lowest BCUT2D eigenvalue weighted by Gasteiger charge is -2.36. The van der Waals surface area contributed by atoms with Crippen LogP contribution >= 0.6 is 0 Å². The van der Waals surface area contributed by atoms with Gasteiger partial charge in [-0.3, -0.25) is 0 Å². The number of nitrogens with zero attached hydrogens (tertiary/aromatic N) is 2. The highest BCUT2D eigenvalue weighted by Gasteiger charge is 2.44. The van der Waals surface area contributed by atoms with Gasteiger partial charge >= 0.3 is 0 Å². The number of aromatic nitrogens is 2. The first-order chi connectivity index (χ1) is 22.8. The van der Waals surface area contributed by atoms with E-state index in [0.29, 0.717) is 0 Å². The van der Waals surface area contributed by atoms with E-state index in [0.717, 1.165) is 28.3 Å². The van der Waals surface area contributed by atoms with E-state index in [1.165, 1.54) is 81.8 Å². The first-order valence-electron chi connectivity index (χ1n) is 16.5. The molecular weight excluding hydrogens is 556 g/mol. The SMILES string of the molecule is c1ccc(-c2cccc(-c3cc(-c4cccc5c4-c4cc6ccccc6cc4C54CCCCC4)nc(-c4ccccc4)n3)c2)cc1. The van der Waals surface area contributed by atoms with E-state index in [-0.39, 0.29) is 5.41 Å². The van der Waals surface area contributed by atoms with Gasteiger partial charge in [-0.25, -0.2) is 9.97 Å². The van der Waals surface area contributed by atoms with Gasteiger partial charge in [-0.1, -0.05) is 141 Å².